The van der Waals surface area contributed by atoms with Crippen LogP contribution >= 0.6 is 11.8 Å². The standard InChI is InChI=1S/C11H20N4OS/c1-15(2)11(16)13-6-5-12-10-14-7-9(17-10)8-3-4-8/h8-9H,3-7H2,1-2H3,(H,12,14)(H,13,16). The Morgan fingerprint density at radius 1 is 1.47 bits per heavy atom. The van der Waals surface area contributed by atoms with Crippen molar-refractivity contribution in [2.45, 2.75) is 18.1 Å². The molecule has 1 heterocycles. The molecule has 96 valence electrons. The minimum atomic E-state index is -0.0522. The Bertz CT molecular complexity index is 315. The van der Waals surface area contributed by atoms with Gasteiger partial charge in [0.15, 0.2) is 5.17 Å². The molecule has 2 rings (SSSR count). The van der Waals surface area contributed by atoms with Crippen LogP contribution in [0.4, 0.5) is 4.79 Å². The molecule has 1 fully saturated rings. The number of hydrogen-bond acceptors (Lipinski definition) is 4. The zero-order valence-electron chi connectivity index (χ0n) is 10.4. The number of carbonyl (C=O) groups is 1. The zero-order chi connectivity index (χ0) is 12.3. The summed E-state index contributed by atoms with van der Waals surface area (Å²) in [4.78, 5) is 17.2. The highest BCUT2D eigenvalue weighted by Crippen LogP contribution is 2.41. The second-order valence-corrected chi connectivity index (χ2v) is 5.92. The summed E-state index contributed by atoms with van der Waals surface area (Å²) in [6.45, 7) is 2.33. The van der Waals surface area contributed by atoms with Gasteiger partial charge in [-0.3, -0.25) is 4.99 Å². The topological polar surface area (TPSA) is 56.7 Å². The molecule has 2 N–H and O–H groups in total. The largest absolute Gasteiger partial charge is 0.363 e. The lowest BCUT2D eigenvalue weighted by Gasteiger charge is -2.12. The summed E-state index contributed by atoms with van der Waals surface area (Å²) in [5.74, 6) is 0.900. The van der Waals surface area contributed by atoms with Crippen LogP contribution in [0.25, 0.3) is 0 Å². The van der Waals surface area contributed by atoms with Crippen molar-refractivity contribution >= 4 is 23.0 Å². The average Bonchev–Trinajstić information content (AvgIpc) is 3.04. The van der Waals surface area contributed by atoms with E-state index < -0.39 is 0 Å². The van der Waals surface area contributed by atoms with E-state index in [1.807, 2.05) is 11.8 Å². The number of hydrogen-bond donors (Lipinski definition) is 2. The summed E-state index contributed by atoms with van der Waals surface area (Å²) >= 11 is 1.86. The number of carbonyl (C=O) groups excluding carboxylic acids is 1. The van der Waals surface area contributed by atoms with Crippen LogP contribution in [0, 0.1) is 5.92 Å². The molecule has 0 aromatic carbocycles. The van der Waals surface area contributed by atoms with Crippen molar-refractivity contribution in [3.63, 3.8) is 0 Å². The van der Waals surface area contributed by atoms with Gasteiger partial charge in [0.2, 0.25) is 0 Å². The minimum Gasteiger partial charge on any atom is -0.363 e. The summed E-state index contributed by atoms with van der Waals surface area (Å²) in [6, 6.07) is -0.0522. The zero-order valence-corrected chi connectivity index (χ0v) is 11.2. The van der Waals surface area contributed by atoms with Crippen LogP contribution in [-0.4, -0.2) is 55.1 Å². The molecule has 0 spiro atoms. The highest BCUT2D eigenvalue weighted by Gasteiger charge is 2.35. The molecule has 0 bridgehead atoms. The van der Waals surface area contributed by atoms with Crippen molar-refractivity contribution in [1.29, 1.82) is 0 Å². The fourth-order valence-corrected chi connectivity index (χ4v) is 2.93. The van der Waals surface area contributed by atoms with Gasteiger partial charge in [-0.1, -0.05) is 11.8 Å². The fraction of sp³-hybridized carbons (Fsp3) is 0.818. The van der Waals surface area contributed by atoms with E-state index in [0.29, 0.717) is 11.8 Å². The van der Waals surface area contributed by atoms with E-state index in [9.17, 15) is 4.79 Å². The second kappa shape index (κ2) is 5.62. The molecule has 0 saturated heterocycles. The Morgan fingerprint density at radius 3 is 2.88 bits per heavy atom. The lowest BCUT2D eigenvalue weighted by Crippen LogP contribution is -2.39. The number of rotatable bonds is 4. The van der Waals surface area contributed by atoms with Gasteiger partial charge in [-0.15, -0.1) is 0 Å². The minimum absolute atomic E-state index is 0.0522. The molecule has 2 amide bonds. The molecule has 1 aliphatic carbocycles. The van der Waals surface area contributed by atoms with Crippen molar-refractivity contribution < 1.29 is 4.79 Å². The third-order valence-corrected chi connectivity index (χ3v) is 4.24. The number of urea groups is 1. The summed E-state index contributed by atoms with van der Waals surface area (Å²) in [6.07, 6.45) is 2.75. The smallest absolute Gasteiger partial charge is 0.316 e. The number of amides is 2. The molecule has 6 heteroatoms. The predicted molar refractivity (Wildman–Crippen MR) is 71.5 cm³/mol. The molecule has 1 atom stereocenters. The van der Waals surface area contributed by atoms with Gasteiger partial charge in [-0.2, -0.15) is 0 Å². The third kappa shape index (κ3) is 3.80. The molecule has 0 aromatic rings. The number of thioether (sulfide) groups is 1. The van der Waals surface area contributed by atoms with Gasteiger partial charge in [0, 0.05) is 32.4 Å². The van der Waals surface area contributed by atoms with Crippen LogP contribution < -0.4 is 10.6 Å². The lowest BCUT2D eigenvalue weighted by atomic mass is 10.3. The van der Waals surface area contributed by atoms with E-state index in [4.69, 9.17) is 0 Å². The SMILES string of the molecule is CN(C)C(=O)NCCNC1=NCC(C2CC2)S1. The normalized spacial score (nSPS) is 23.2. The van der Waals surface area contributed by atoms with Gasteiger partial charge in [0.05, 0.1) is 6.54 Å². The Morgan fingerprint density at radius 2 is 2.24 bits per heavy atom. The Balaban J connectivity index is 1.55. The van der Waals surface area contributed by atoms with Crippen molar-refractivity contribution in [2.75, 3.05) is 33.7 Å². The van der Waals surface area contributed by atoms with Crippen LogP contribution in [0.15, 0.2) is 4.99 Å². The van der Waals surface area contributed by atoms with Crippen molar-refractivity contribution in [2.24, 2.45) is 10.9 Å². The van der Waals surface area contributed by atoms with Gasteiger partial charge in [0.25, 0.3) is 0 Å². The first kappa shape index (κ1) is 12.5. The maximum Gasteiger partial charge on any atom is 0.316 e. The Labute approximate surface area is 106 Å². The maximum absolute atomic E-state index is 11.2. The van der Waals surface area contributed by atoms with Gasteiger partial charge in [-0.05, 0) is 18.8 Å². The van der Waals surface area contributed by atoms with E-state index in [0.717, 1.165) is 24.2 Å². The monoisotopic (exact) mass is 256 g/mol. The van der Waals surface area contributed by atoms with Crippen LogP contribution in [0.5, 0.6) is 0 Å². The van der Waals surface area contributed by atoms with Gasteiger partial charge < -0.3 is 15.5 Å². The lowest BCUT2D eigenvalue weighted by molar-refractivity contribution is 0.217. The maximum atomic E-state index is 11.2. The molecular formula is C11H20N4OS. The number of amidine groups is 1. The summed E-state index contributed by atoms with van der Waals surface area (Å²) in [7, 11) is 3.47. The molecule has 0 aromatic heterocycles. The fourth-order valence-electron chi connectivity index (χ4n) is 1.70. The molecule has 5 nitrogen and oxygen atoms in total. The summed E-state index contributed by atoms with van der Waals surface area (Å²) in [5, 5.41) is 7.83. The number of nitrogens with zero attached hydrogens (tertiary/aromatic N) is 2. The first-order chi connectivity index (χ1) is 8.16. The molecular weight excluding hydrogens is 236 g/mol. The molecule has 1 unspecified atom stereocenters. The van der Waals surface area contributed by atoms with Crippen LogP contribution in [-0.2, 0) is 0 Å². The van der Waals surface area contributed by atoms with Crippen molar-refractivity contribution in [3.8, 4) is 0 Å². The highest BCUT2D eigenvalue weighted by molar-refractivity contribution is 8.14. The van der Waals surface area contributed by atoms with Gasteiger partial charge >= 0.3 is 6.03 Å². The molecule has 1 aliphatic heterocycles. The Kier molecular flexibility index (Phi) is 4.15. The second-order valence-electron chi connectivity index (χ2n) is 4.69. The van der Waals surface area contributed by atoms with E-state index in [1.165, 1.54) is 17.7 Å². The van der Waals surface area contributed by atoms with E-state index in [1.54, 1.807) is 14.1 Å². The quantitative estimate of drug-likeness (QED) is 0.729. The third-order valence-electron chi connectivity index (χ3n) is 2.91. The van der Waals surface area contributed by atoms with Crippen LogP contribution in [0.2, 0.25) is 0 Å². The van der Waals surface area contributed by atoms with Crippen molar-refractivity contribution in [1.82, 2.24) is 15.5 Å². The van der Waals surface area contributed by atoms with Crippen LogP contribution in [0.3, 0.4) is 0 Å². The summed E-state index contributed by atoms with van der Waals surface area (Å²) < 4.78 is 0. The predicted octanol–water partition coefficient (Wildman–Crippen LogP) is 0.729. The Hall–Kier alpha value is -0.910. The number of aliphatic imine (C=N–C) groups is 1. The molecule has 0 radical (unpaired) electrons. The first-order valence-electron chi connectivity index (χ1n) is 6.07. The molecule has 17 heavy (non-hydrogen) atoms. The van der Waals surface area contributed by atoms with Gasteiger partial charge in [-0.25, -0.2) is 4.79 Å². The molecule has 1 saturated carbocycles. The van der Waals surface area contributed by atoms with Gasteiger partial charge in [0.1, 0.15) is 0 Å². The first-order valence-corrected chi connectivity index (χ1v) is 6.95. The van der Waals surface area contributed by atoms with Crippen molar-refractivity contribution in [3.05, 3.63) is 0 Å². The van der Waals surface area contributed by atoms with E-state index in [2.05, 4.69) is 15.6 Å². The number of nitrogens with one attached hydrogen (secondary N) is 2. The van der Waals surface area contributed by atoms with E-state index in [-0.39, 0.29) is 6.03 Å². The van der Waals surface area contributed by atoms with E-state index >= 15 is 0 Å². The van der Waals surface area contributed by atoms with Crippen LogP contribution in [0.1, 0.15) is 12.8 Å². The molecule has 2 aliphatic rings. The summed E-state index contributed by atoms with van der Waals surface area (Å²) in [5.41, 5.74) is 0. The highest BCUT2D eigenvalue weighted by atomic mass is 32.2. The average molecular weight is 256 g/mol.